The molecule has 2 atom stereocenters. The molecule has 218 valence electrons. The van der Waals surface area contributed by atoms with E-state index < -0.39 is 0 Å². The molecule has 0 aromatic heterocycles. The van der Waals surface area contributed by atoms with Gasteiger partial charge in [0.2, 0.25) is 0 Å². The van der Waals surface area contributed by atoms with Crippen molar-refractivity contribution in [3.05, 3.63) is 22.8 Å². The molecule has 40 heavy (non-hydrogen) atoms. The predicted octanol–water partition coefficient (Wildman–Crippen LogP) is 7.47. The minimum Gasteiger partial charge on any atom is -0.487 e. The van der Waals surface area contributed by atoms with Crippen LogP contribution in [0.25, 0.3) is 0 Å². The van der Waals surface area contributed by atoms with Gasteiger partial charge in [0.05, 0.1) is 13.2 Å². The lowest BCUT2D eigenvalue weighted by atomic mass is 9.45. The molecule has 8 saturated carbocycles. The Morgan fingerprint density at radius 3 is 1.52 bits per heavy atom. The van der Waals surface area contributed by atoms with Crippen molar-refractivity contribution in [2.24, 2.45) is 35.5 Å². The molecule has 0 N–H and O–H groups in total. The molecular formula is C36H50O4. The van der Waals surface area contributed by atoms with E-state index in [9.17, 15) is 0 Å². The van der Waals surface area contributed by atoms with Crippen LogP contribution >= 0.6 is 0 Å². The second-order valence-corrected chi connectivity index (χ2v) is 17.2. The van der Waals surface area contributed by atoms with Crippen molar-refractivity contribution in [1.29, 1.82) is 0 Å². The Bertz CT molecular complexity index is 1110. The summed E-state index contributed by atoms with van der Waals surface area (Å²) in [6, 6.07) is 2.53. The van der Waals surface area contributed by atoms with Gasteiger partial charge in [-0.15, -0.1) is 0 Å². The largest absolute Gasteiger partial charge is 0.487 e. The lowest BCUT2D eigenvalue weighted by Gasteiger charge is -2.60. The van der Waals surface area contributed by atoms with Crippen LogP contribution in [0.5, 0.6) is 11.5 Å². The first-order chi connectivity index (χ1) is 19.3. The fourth-order valence-electron chi connectivity index (χ4n) is 12.1. The van der Waals surface area contributed by atoms with Gasteiger partial charge in [-0.05, 0) is 141 Å². The summed E-state index contributed by atoms with van der Waals surface area (Å²) in [6.07, 6.45) is 17.6. The standard InChI is InChI=1S/C36H50O4/c1-34(2,3)31-29(35-11-21-4-22(12-35)6-23(5-21)13-35)10-30(39-19-27-17-37-27)33(40-20-28-18-38-28)32(31)36-14-24-7-25(15-36)9-26(8-24)16-36/h10,21-28H,4-9,11-20H2,1-3H3. The number of ether oxygens (including phenoxy) is 4. The first-order valence-corrected chi connectivity index (χ1v) is 17.0. The zero-order valence-corrected chi connectivity index (χ0v) is 25.1. The van der Waals surface area contributed by atoms with Crippen LogP contribution in [0, 0.1) is 35.5 Å². The number of benzene rings is 1. The monoisotopic (exact) mass is 546 g/mol. The molecule has 10 fully saturated rings. The van der Waals surface area contributed by atoms with Gasteiger partial charge in [-0.2, -0.15) is 0 Å². The maximum Gasteiger partial charge on any atom is 0.165 e. The topological polar surface area (TPSA) is 43.5 Å². The average molecular weight is 547 g/mol. The third-order valence-electron chi connectivity index (χ3n) is 12.8. The summed E-state index contributed by atoms with van der Waals surface area (Å²) >= 11 is 0. The lowest BCUT2D eigenvalue weighted by molar-refractivity contribution is -0.0110. The summed E-state index contributed by atoms with van der Waals surface area (Å²) in [5.74, 6) is 7.58. The smallest absolute Gasteiger partial charge is 0.165 e. The molecule has 0 amide bonds. The Balaban J connectivity index is 1.27. The molecule has 2 heterocycles. The van der Waals surface area contributed by atoms with Gasteiger partial charge in [-0.1, -0.05) is 20.8 Å². The SMILES string of the molecule is CC(C)(C)c1c(C23CC4CC(CC(C4)C2)C3)cc(OCC2CO2)c(OCC2CO2)c1C12CC3CC(CC(C3)C1)C2. The Labute approximate surface area is 241 Å². The highest BCUT2D eigenvalue weighted by atomic mass is 16.6. The maximum atomic E-state index is 6.95. The van der Waals surface area contributed by atoms with Crippen molar-refractivity contribution >= 4 is 0 Å². The van der Waals surface area contributed by atoms with Gasteiger partial charge in [0.25, 0.3) is 0 Å². The van der Waals surface area contributed by atoms with E-state index in [-0.39, 0.29) is 23.0 Å². The van der Waals surface area contributed by atoms with E-state index in [2.05, 4.69) is 26.8 Å². The normalized spacial score (nSPS) is 45.7. The van der Waals surface area contributed by atoms with Gasteiger partial charge in [-0.25, -0.2) is 0 Å². The molecular weight excluding hydrogens is 496 g/mol. The van der Waals surface area contributed by atoms with Crippen LogP contribution in [0.15, 0.2) is 6.07 Å². The summed E-state index contributed by atoms with van der Waals surface area (Å²) in [4.78, 5) is 0. The van der Waals surface area contributed by atoms with Crippen molar-refractivity contribution in [2.75, 3.05) is 26.4 Å². The number of rotatable bonds is 8. The zero-order chi connectivity index (χ0) is 26.9. The van der Waals surface area contributed by atoms with E-state index in [0.29, 0.717) is 18.6 Å². The molecule has 8 bridgehead atoms. The Morgan fingerprint density at radius 1 is 0.675 bits per heavy atom. The minimum atomic E-state index is 0.0592. The summed E-state index contributed by atoms with van der Waals surface area (Å²) < 4.78 is 25.1. The van der Waals surface area contributed by atoms with Crippen molar-refractivity contribution < 1.29 is 18.9 Å². The minimum absolute atomic E-state index is 0.0592. The molecule has 4 nitrogen and oxygen atoms in total. The molecule has 2 unspecified atom stereocenters. The fourth-order valence-corrected chi connectivity index (χ4v) is 12.1. The molecule has 1 aromatic rings. The first-order valence-electron chi connectivity index (χ1n) is 17.0. The van der Waals surface area contributed by atoms with E-state index in [1.54, 1.807) is 16.7 Å². The summed E-state index contributed by atoms with van der Waals surface area (Å²) in [5.41, 5.74) is 5.55. The highest BCUT2D eigenvalue weighted by Crippen LogP contribution is 2.67. The van der Waals surface area contributed by atoms with Gasteiger partial charge < -0.3 is 18.9 Å². The quantitative estimate of drug-likeness (QED) is 0.317. The van der Waals surface area contributed by atoms with Crippen LogP contribution < -0.4 is 9.47 Å². The van der Waals surface area contributed by atoms with Crippen molar-refractivity contribution in [3.8, 4) is 11.5 Å². The Morgan fingerprint density at radius 2 is 1.10 bits per heavy atom. The van der Waals surface area contributed by atoms with E-state index >= 15 is 0 Å². The molecule has 8 aliphatic carbocycles. The highest BCUT2D eigenvalue weighted by molar-refractivity contribution is 5.62. The van der Waals surface area contributed by atoms with Gasteiger partial charge in [0.1, 0.15) is 25.4 Å². The highest BCUT2D eigenvalue weighted by Gasteiger charge is 2.57. The predicted molar refractivity (Wildman–Crippen MR) is 155 cm³/mol. The van der Waals surface area contributed by atoms with Crippen LogP contribution in [-0.2, 0) is 25.7 Å². The first kappa shape index (κ1) is 25.3. The van der Waals surface area contributed by atoms with E-state index in [0.717, 1.165) is 60.2 Å². The lowest BCUT2D eigenvalue weighted by Crippen LogP contribution is -2.51. The second-order valence-electron chi connectivity index (χ2n) is 17.2. The van der Waals surface area contributed by atoms with Crippen LogP contribution in [0.3, 0.4) is 0 Å². The molecule has 1 aromatic carbocycles. The maximum absolute atomic E-state index is 6.95. The summed E-state index contributed by atoms with van der Waals surface area (Å²) in [7, 11) is 0. The van der Waals surface area contributed by atoms with Crippen molar-refractivity contribution in [2.45, 2.75) is 126 Å². The van der Waals surface area contributed by atoms with E-state index in [4.69, 9.17) is 18.9 Å². The second kappa shape index (κ2) is 8.65. The Hall–Kier alpha value is -1.26. The van der Waals surface area contributed by atoms with Crippen molar-refractivity contribution in [3.63, 3.8) is 0 Å². The van der Waals surface area contributed by atoms with Gasteiger partial charge in [-0.3, -0.25) is 0 Å². The molecule has 10 aliphatic rings. The average Bonchev–Trinajstić information content (AvgIpc) is 3.79. The van der Waals surface area contributed by atoms with Gasteiger partial charge in [0, 0.05) is 11.0 Å². The Kier molecular flexibility index (Phi) is 5.46. The molecule has 11 rings (SSSR count). The molecule has 0 radical (unpaired) electrons. The van der Waals surface area contributed by atoms with Crippen molar-refractivity contribution in [1.82, 2.24) is 0 Å². The van der Waals surface area contributed by atoms with Gasteiger partial charge in [0.15, 0.2) is 11.5 Å². The number of hydrogen-bond donors (Lipinski definition) is 0. The zero-order valence-electron chi connectivity index (χ0n) is 25.1. The third-order valence-corrected chi connectivity index (χ3v) is 12.8. The van der Waals surface area contributed by atoms with E-state index in [1.807, 2.05) is 0 Å². The van der Waals surface area contributed by atoms with Crippen LogP contribution in [0.2, 0.25) is 0 Å². The molecule has 2 saturated heterocycles. The summed E-state index contributed by atoms with van der Waals surface area (Å²) in [5, 5.41) is 0. The molecule has 4 heteroatoms. The number of epoxide rings is 2. The van der Waals surface area contributed by atoms with Crippen LogP contribution in [0.1, 0.15) is 115 Å². The van der Waals surface area contributed by atoms with Crippen LogP contribution in [0.4, 0.5) is 0 Å². The van der Waals surface area contributed by atoms with Crippen LogP contribution in [-0.4, -0.2) is 38.6 Å². The molecule has 0 spiro atoms. The number of hydrogen-bond acceptors (Lipinski definition) is 4. The molecule has 2 aliphatic heterocycles. The van der Waals surface area contributed by atoms with E-state index in [1.165, 1.54) is 77.0 Å². The van der Waals surface area contributed by atoms with Gasteiger partial charge >= 0.3 is 0 Å². The summed E-state index contributed by atoms with van der Waals surface area (Å²) in [6.45, 7) is 10.5. The fraction of sp³-hybridized carbons (Fsp3) is 0.833. The third kappa shape index (κ3) is 4.12.